The molecule has 1 unspecified atom stereocenters. The third-order valence-electron chi connectivity index (χ3n) is 0.908. The van der Waals surface area contributed by atoms with E-state index in [0.717, 1.165) is 14.2 Å². The van der Waals surface area contributed by atoms with Gasteiger partial charge in [0, 0.05) is 0 Å². The molecule has 0 saturated carbocycles. The number of methoxy groups -OCH3 is 1. The Balaban J connectivity index is -0.000000249. The third kappa shape index (κ3) is 7.77. The molecular weight excluding hydrogens is 176 g/mol. The van der Waals surface area contributed by atoms with E-state index in [9.17, 15) is 14.7 Å². The minimum absolute atomic E-state index is 0. The van der Waals surface area contributed by atoms with Gasteiger partial charge in [-0.15, -0.1) is 0 Å². The molecule has 66 valence electrons. The van der Waals surface area contributed by atoms with Gasteiger partial charge in [-0.3, -0.25) is 4.79 Å². The molecule has 0 fully saturated rings. The first-order chi connectivity index (χ1) is 5.09. The number of carboxylic acid groups (broad SMARTS) is 1. The van der Waals surface area contributed by atoms with Gasteiger partial charge in [-0.05, 0) is 6.92 Å². The maximum atomic E-state index is 10.3. The predicted molar refractivity (Wildman–Crippen MR) is 37.9 cm³/mol. The fourth-order valence-electron chi connectivity index (χ4n) is 0.273. The summed E-state index contributed by atoms with van der Waals surface area (Å²) in [4.78, 5) is 20.2. The standard InChI is InChI=1S/C5H8O4.CH3O.Mg/c1-3(4(6)7)5(8)9-2;1-2;/h3H,1-2H3,(H,6,7);1H3;/q;-1;+2/p-1. The van der Waals surface area contributed by atoms with Crippen molar-refractivity contribution in [1.29, 1.82) is 0 Å². The molecule has 0 aromatic heterocycles. The third-order valence-corrected chi connectivity index (χ3v) is 0.908. The Hall–Kier alpha value is -0.334. The van der Waals surface area contributed by atoms with Crippen molar-refractivity contribution in [2.24, 2.45) is 5.92 Å². The van der Waals surface area contributed by atoms with E-state index < -0.39 is 17.9 Å². The number of hydrogen-bond acceptors (Lipinski definition) is 5. The number of rotatable bonds is 2. The zero-order chi connectivity index (χ0) is 9.44. The van der Waals surface area contributed by atoms with E-state index in [4.69, 9.17) is 5.11 Å². The fourth-order valence-corrected chi connectivity index (χ4v) is 0.273. The molecule has 0 N–H and O–H groups in total. The van der Waals surface area contributed by atoms with Gasteiger partial charge in [-0.1, -0.05) is 0 Å². The van der Waals surface area contributed by atoms with Gasteiger partial charge in [0.15, 0.2) is 0 Å². The molecule has 0 aliphatic carbocycles. The summed E-state index contributed by atoms with van der Waals surface area (Å²) in [6, 6.07) is 0. The number of carbonyl (C=O) groups excluding carboxylic acids is 2. The Morgan fingerprint density at radius 1 is 1.33 bits per heavy atom. The number of carbonyl (C=O) groups is 2. The average Bonchev–Trinajstić information content (AvgIpc) is 2.05. The summed E-state index contributed by atoms with van der Waals surface area (Å²) in [6.07, 6.45) is 0. The van der Waals surface area contributed by atoms with E-state index in [0.29, 0.717) is 0 Å². The summed E-state index contributed by atoms with van der Waals surface area (Å²) >= 11 is 0. The zero-order valence-electron chi connectivity index (χ0n) is 7.33. The largest absolute Gasteiger partial charge is 2.00 e. The van der Waals surface area contributed by atoms with E-state index in [1.54, 1.807) is 0 Å². The smallest absolute Gasteiger partial charge is 0.857 e. The molecule has 0 aliphatic rings. The van der Waals surface area contributed by atoms with Gasteiger partial charge in [0.1, 0.15) is 0 Å². The quantitative estimate of drug-likeness (QED) is 0.263. The van der Waals surface area contributed by atoms with Crippen LogP contribution in [0.5, 0.6) is 0 Å². The molecule has 5 nitrogen and oxygen atoms in total. The van der Waals surface area contributed by atoms with E-state index in [-0.39, 0.29) is 23.1 Å². The zero-order valence-corrected chi connectivity index (χ0v) is 8.74. The number of carboxylic acids is 1. The van der Waals surface area contributed by atoms with Crippen LogP contribution in [0.4, 0.5) is 0 Å². The Morgan fingerprint density at radius 3 is 1.75 bits per heavy atom. The molecule has 0 radical (unpaired) electrons. The number of esters is 1. The second kappa shape index (κ2) is 10.7. The number of hydrogen-bond donors (Lipinski definition) is 0. The summed E-state index contributed by atoms with van der Waals surface area (Å²) in [5.74, 6) is -3.37. The van der Waals surface area contributed by atoms with Crippen molar-refractivity contribution in [1.82, 2.24) is 0 Å². The normalized spacial score (nSPS) is 9.67. The summed E-state index contributed by atoms with van der Waals surface area (Å²) in [5.41, 5.74) is 0. The van der Waals surface area contributed by atoms with Crippen LogP contribution in [0.2, 0.25) is 0 Å². The van der Waals surface area contributed by atoms with Gasteiger partial charge in [0.25, 0.3) is 0 Å². The molecule has 12 heavy (non-hydrogen) atoms. The molecule has 0 aliphatic heterocycles. The van der Waals surface area contributed by atoms with Crippen LogP contribution in [0, 0.1) is 5.92 Å². The Morgan fingerprint density at radius 2 is 1.67 bits per heavy atom. The van der Waals surface area contributed by atoms with E-state index in [1.807, 2.05) is 0 Å². The molecule has 0 aromatic carbocycles. The van der Waals surface area contributed by atoms with Crippen LogP contribution in [0.15, 0.2) is 0 Å². The van der Waals surface area contributed by atoms with Crippen molar-refractivity contribution < 1.29 is 24.5 Å². The minimum atomic E-state index is -1.41. The van der Waals surface area contributed by atoms with Gasteiger partial charge in [-0.2, -0.15) is 7.11 Å². The van der Waals surface area contributed by atoms with E-state index in [2.05, 4.69) is 4.74 Å². The Labute approximate surface area is 86.9 Å². The number of aliphatic carboxylic acids is 1. The predicted octanol–water partition coefficient (Wildman–Crippen LogP) is -2.86. The molecule has 6 heteroatoms. The van der Waals surface area contributed by atoms with Gasteiger partial charge >= 0.3 is 29.0 Å². The summed E-state index contributed by atoms with van der Waals surface area (Å²) in [7, 11) is 1.88. The van der Waals surface area contributed by atoms with E-state index >= 15 is 0 Å². The second-order valence-corrected chi connectivity index (χ2v) is 1.56. The van der Waals surface area contributed by atoms with Crippen molar-refractivity contribution >= 4 is 35.0 Å². The first-order valence-electron chi connectivity index (χ1n) is 2.79. The van der Waals surface area contributed by atoms with Crippen LogP contribution in [-0.2, 0) is 14.3 Å². The molecule has 0 aromatic rings. The SMILES string of the molecule is COC(=O)C(C)C(=O)[O-].C[O-].[Mg+2]. The maximum absolute atomic E-state index is 10.3. The minimum Gasteiger partial charge on any atom is -0.857 e. The van der Waals surface area contributed by atoms with Crippen molar-refractivity contribution in [3.8, 4) is 0 Å². The second-order valence-electron chi connectivity index (χ2n) is 1.56. The summed E-state index contributed by atoms with van der Waals surface area (Å²) < 4.78 is 4.11. The Bertz CT molecular complexity index is 136. The van der Waals surface area contributed by atoms with Gasteiger partial charge < -0.3 is 19.7 Å². The molecule has 0 spiro atoms. The first kappa shape index (κ1) is 17.7. The average molecular weight is 186 g/mol. The van der Waals surface area contributed by atoms with Crippen molar-refractivity contribution in [2.45, 2.75) is 6.92 Å². The van der Waals surface area contributed by atoms with Crippen LogP contribution >= 0.6 is 0 Å². The topological polar surface area (TPSA) is 89.5 Å². The molecule has 0 rings (SSSR count). The van der Waals surface area contributed by atoms with Crippen LogP contribution < -0.4 is 10.2 Å². The van der Waals surface area contributed by atoms with Crippen LogP contribution in [0.25, 0.3) is 0 Å². The van der Waals surface area contributed by atoms with E-state index in [1.165, 1.54) is 6.92 Å². The molecule has 0 amide bonds. The van der Waals surface area contributed by atoms with Crippen LogP contribution in [0.3, 0.4) is 0 Å². The Kier molecular flexibility index (Phi) is 15.7. The van der Waals surface area contributed by atoms with Gasteiger partial charge in [0.2, 0.25) is 0 Å². The maximum Gasteiger partial charge on any atom is 2.00 e. The van der Waals surface area contributed by atoms with Crippen molar-refractivity contribution in [2.75, 3.05) is 14.2 Å². The molecular formula is C6H10MgO5. The molecule has 0 bridgehead atoms. The summed E-state index contributed by atoms with van der Waals surface area (Å²) in [6.45, 7) is 1.21. The fraction of sp³-hybridized carbons (Fsp3) is 0.667. The first-order valence-corrected chi connectivity index (χ1v) is 2.79. The van der Waals surface area contributed by atoms with Crippen LogP contribution in [-0.4, -0.2) is 49.2 Å². The summed E-state index contributed by atoms with van der Waals surface area (Å²) in [5, 5.41) is 18.1. The van der Waals surface area contributed by atoms with Gasteiger partial charge in [-0.25, -0.2) is 0 Å². The van der Waals surface area contributed by atoms with Crippen molar-refractivity contribution in [3.05, 3.63) is 0 Å². The molecule has 0 heterocycles. The number of ether oxygens (including phenoxy) is 1. The van der Waals surface area contributed by atoms with Crippen molar-refractivity contribution in [3.63, 3.8) is 0 Å². The molecule has 1 atom stereocenters. The van der Waals surface area contributed by atoms with Crippen LogP contribution in [0.1, 0.15) is 6.92 Å². The molecule has 0 saturated heterocycles. The van der Waals surface area contributed by atoms with Gasteiger partial charge in [0.05, 0.1) is 19.0 Å². The monoisotopic (exact) mass is 186 g/mol.